The molecule has 1 aliphatic carbocycles. The van der Waals surface area contributed by atoms with Gasteiger partial charge in [0.2, 0.25) is 0 Å². The van der Waals surface area contributed by atoms with Crippen molar-refractivity contribution in [2.45, 2.75) is 63.5 Å². The van der Waals surface area contributed by atoms with Crippen LogP contribution in [0.5, 0.6) is 0 Å². The summed E-state index contributed by atoms with van der Waals surface area (Å²) in [5.74, 6) is 0.594. The molecule has 2 atom stereocenters. The molecule has 3 rings (SSSR count). The molecular formula is C21H29NO2. The molecule has 0 N–H and O–H groups in total. The van der Waals surface area contributed by atoms with E-state index in [2.05, 4.69) is 11.5 Å². The van der Waals surface area contributed by atoms with Gasteiger partial charge in [-0.05, 0) is 43.6 Å². The van der Waals surface area contributed by atoms with Crippen molar-refractivity contribution in [3.05, 3.63) is 48.6 Å². The summed E-state index contributed by atoms with van der Waals surface area (Å²) in [6.07, 6.45) is 11.2. The third kappa shape index (κ3) is 3.50. The van der Waals surface area contributed by atoms with Gasteiger partial charge in [0.25, 0.3) is 0 Å². The quantitative estimate of drug-likeness (QED) is 0.701. The highest BCUT2D eigenvalue weighted by molar-refractivity contribution is 5.69. The van der Waals surface area contributed by atoms with Gasteiger partial charge in [-0.2, -0.15) is 0 Å². The van der Waals surface area contributed by atoms with E-state index < -0.39 is 0 Å². The number of benzene rings is 1. The third-order valence-electron chi connectivity index (χ3n) is 5.82. The van der Waals surface area contributed by atoms with Crippen LogP contribution in [0, 0.1) is 5.92 Å². The molecule has 1 amide bonds. The minimum Gasteiger partial charge on any atom is -0.445 e. The summed E-state index contributed by atoms with van der Waals surface area (Å²) in [7, 11) is 0. The molecular weight excluding hydrogens is 298 g/mol. The van der Waals surface area contributed by atoms with Crippen molar-refractivity contribution >= 4 is 6.09 Å². The number of piperidine rings is 1. The van der Waals surface area contributed by atoms with Gasteiger partial charge in [0.1, 0.15) is 6.61 Å². The van der Waals surface area contributed by atoms with Crippen LogP contribution in [-0.2, 0) is 11.3 Å². The average Bonchev–Trinajstić information content (AvgIpc) is 2.83. The van der Waals surface area contributed by atoms with Crippen LogP contribution in [0.15, 0.2) is 43.0 Å². The summed E-state index contributed by atoms with van der Waals surface area (Å²) in [5.41, 5.74) is 0.975. The monoisotopic (exact) mass is 327 g/mol. The molecule has 1 saturated heterocycles. The third-order valence-corrected chi connectivity index (χ3v) is 5.82. The van der Waals surface area contributed by atoms with Crippen molar-refractivity contribution in [3.63, 3.8) is 0 Å². The second-order valence-corrected chi connectivity index (χ2v) is 7.23. The van der Waals surface area contributed by atoms with E-state index >= 15 is 0 Å². The second-order valence-electron chi connectivity index (χ2n) is 7.23. The fourth-order valence-electron chi connectivity index (χ4n) is 4.66. The van der Waals surface area contributed by atoms with E-state index in [1.165, 1.54) is 32.1 Å². The Morgan fingerprint density at radius 2 is 2.00 bits per heavy atom. The molecule has 3 nitrogen and oxygen atoms in total. The van der Waals surface area contributed by atoms with E-state index in [0.717, 1.165) is 31.4 Å². The first-order valence-electron chi connectivity index (χ1n) is 9.35. The molecule has 130 valence electrons. The number of fused-ring (bicyclic) bond motifs is 1. The van der Waals surface area contributed by atoms with Crippen LogP contribution in [-0.4, -0.2) is 23.1 Å². The molecule has 1 aromatic carbocycles. The number of ether oxygens (including phenoxy) is 1. The van der Waals surface area contributed by atoms with Gasteiger partial charge in [-0.25, -0.2) is 4.79 Å². The standard InChI is InChI=1S/C21H29NO2/c1-2-14-21-15-8-4-7-12-19(21)13-9-16-22(21)20(23)24-17-18-10-5-3-6-11-18/h2-3,5-6,10-11,19H,1,4,7-9,12-17H2/t19-,21-/m1/s1. The van der Waals surface area contributed by atoms with Gasteiger partial charge in [-0.3, -0.25) is 0 Å². The van der Waals surface area contributed by atoms with Gasteiger partial charge < -0.3 is 9.64 Å². The maximum absolute atomic E-state index is 12.9. The lowest BCUT2D eigenvalue weighted by Gasteiger charge is -2.51. The lowest BCUT2D eigenvalue weighted by molar-refractivity contribution is -0.0137. The number of rotatable bonds is 4. The lowest BCUT2D eigenvalue weighted by Crippen LogP contribution is -2.59. The number of nitrogens with zero attached hydrogens (tertiary/aromatic N) is 1. The van der Waals surface area contributed by atoms with Crippen molar-refractivity contribution in [2.75, 3.05) is 6.54 Å². The van der Waals surface area contributed by atoms with Crippen LogP contribution >= 0.6 is 0 Å². The van der Waals surface area contributed by atoms with E-state index in [1.807, 2.05) is 36.4 Å². The molecule has 1 heterocycles. The largest absolute Gasteiger partial charge is 0.445 e. The molecule has 1 aromatic rings. The van der Waals surface area contributed by atoms with Gasteiger partial charge in [-0.1, -0.05) is 55.7 Å². The molecule has 3 heteroatoms. The normalized spacial score (nSPS) is 27.0. The molecule has 0 spiro atoms. The SMILES string of the molecule is C=CC[C@@]12CCCCC[C@@H]1CCCN2C(=O)OCc1ccccc1. The second kappa shape index (κ2) is 7.87. The maximum Gasteiger partial charge on any atom is 0.410 e. The van der Waals surface area contributed by atoms with Crippen molar-refractivity contribution in [1.82, 2.24) is 4.90 Å². The van der Waals surface area contributed by atoms with E-state index in [0.29, 0.717) is 12.5 Å². The zero-order chi connectivity index (χ0) is 16.8. The molecule has 0 radical (unpaired) electrons. The summed E-state index contributed by atoms with van der Waals surface area (Å²) in [5, 5.41) is 0. The Balaban J connectivity index is 1.75. The van der Waals surface area contributed by atoms with E-state index in [-0.39, 0.29) is 11.6 Å². The van der Waals surface area contributed by atoms with Crippen LogP contribution in [0.2, 0.25) is 0 Å². The summed E-state index contributed by atoms with van der Waals surface area (Å²) < 4.78 is 5.68. The Labute approximate surface area is 145 Å². The number of likely N-dealkylation sites (tertiary alicyclic amines) is 1. The highest BCUT2D eigenvalue weighted by atomic mass is 16.6. The highest BCUT2D eigenvalue weighted by Gasteiger charge is 2.48. The van der Waals surface area contributed by atoms with Crippen LogP contribution in [0.1, 0.15) is 56.9 Å². The summed E-state index contributed by atoms with van der Waals surface area (Å²) in [4.78, 5) is 14.9. The van der Waals surface area contributed by atoms with E-state index in [9.17, 15) is 4.79 Å². The van der Waals surface area contributed by atoms with Gasteiger partial charge in [0.15, 0.2) is 0 Å². The predicted molar refractivity (Wildman–Crippen MR) is 96.7 cm³/mol. The number of amides is 1. The molecule has 2 aliphatic rings. The van der Waals surface area contributed by atoms with Gasteiger partial charge in [0.05, 0.1) is 5.54 Å². The van der Waals surface area contributed by atoms with Crippen LogP contribution in [0.25, 0.3) is 0 Å². The predicted octanol–water partition coefficient (Wildman–Crippen LogP) is 5.31. The lowest BCUT2D eigenvalue weighted by atomic mass is 9.71. The summed E-state index contributed by atoms with van der Waals surface area (Å²) in [6.45, 7) is 5.15. The van der Waals surface area contributed by atoms with Gasteiger partial charge in [-0.15, -0.1) is 6.58 Å². The number of hydrogen-bond donors (Lipinski definition) is 0. The van der Waals surface area contributed by atoms with Gasteiger partial charge >= 0.3 is 6.09 Å². The van der Waals surface area contributed by atoms with Crippen LogP contribution < -0.4 is 0 Å². The molecule has 24 heavy (non-hydrogen) atoms. The number of carbonyl (C=O) groups excluding carboxylic acids is 1. The van der Waals surface area contributed by atoms with E-state index in [1.54, 1.807) is 0 Å². The molecule has 1 aliphatic heterocycles. The van der Waals surface area contributed by atoms with E-state index in [4.69, 9.17) is 4.74 Å². The zero-order valence-electron chi connectivity index (χ0n) is 14.6. The van der Waals surface area contributed by atoms with Crippen molar-refractivity contribution in [1.29, 1.82) is 0 Å². The first kappa shape index (κ1) is 17.1. The van der Waals surface area contributed by atoms with Crippen molar-refractivity contribution in [2.24, 2.45) is 5.92 Å². The van der Waals surface area contributed by atoms with Crippen LogP contribution in [0.4, 0.5) is 4.79 Å². The maximum atomic E-state index is 12.9. The number of hydrogen-bond acceptors (Lipinski definition) is 2. The Morgan fingerprint density at radius 3 is 2.79 bits per heavy atom. The summed E-state index contributed by atoms with van der Waals surface area (Å²) >= 11 is 0. The highest BCUT2D eigenvalue weighted by Crippen LogP contribution is 2.45. The first-order chi connectivity index (χ1) is 11.8. The fourth-order valence-corrected chi connectivity index (χ4v) is 4.66. The van der Waals surface area contributed by atoms with Crippen LogP contribution in [0.3, 0.4) is 0 Å². The summed E-state index contributed by atoms with van der Waals surface area (Å²) in [6, 6.07) is 9.93. The zero-order valence-corrected chi connectivity index (χ0v) is 14.6. The smallest absolute Gasteiger partial charge is 0.410 e. The average molecular weight is 327 g/mol. The molecule has 0 unspecified atom stereocenters. The molecule has 0 bridgehead atoms. The van der Waals surface area contributed by atoms with Gasteiger partial charge in [0, 0.05) is 6.54 Å². The van der Waals surface area contributed by atoms with Crippen molar-refractivity contribution in [3.8, 4) is 0 Å². The first-order valence-corrected chi connectivity index (χ1v) is 9.35. The topological polar surface area (TPSA) is 29.5 Å². The Kier molecular flexibility index (Phi) is 5.60. The Hall–Kier alpha value is -1.77. The minimum absolute atomic E-state index is 0.0652. The Bertz CT molecular complexity index is 556. The fraction of sp³-hybridized carbons (Fsp3) is 0.571. The Morgan fingerprint density at radius 1 is 1.21 bits per heavy atom. The molecule has 0 aromatic heterocycles. The van der Waals surface area contributed by atoms with Crippen molar-refractivity contribution < 1.29 is 9.53 Å². The molecule has 1 saturated carbocycles. The number of carbonyl (C=O) groups is 1. The minimum atomic E-state index is -0.146. The molecule has 2 fully saturated rings.